The van der Waals surface area contributed by atoms with Crippen LogP contribution in [0.15, 0.2) is 0 Å². The fraction of sp³-hybridized carbons (Fsp3) is 0.867. The Balaban J connectivity index is 2.39. The molecule has 0 radical (unpaired) electrons. The first-order chi connectivity index (χ1) is 8.50. The predicted molar refractivity (Wildman–Crippen MR) is 72.0 cm³/mol. The van der Waals surface area contributed by atoms with Crippen molar-refractivity contribution in [3.05, 3.63) is 0 Å². The van der Waals surface area contributed by atoms with Crippen molar-refractivity contribution in [2.75, 3.05) is 0 Å². The van der Waals surface area contributed by atoms with Crippen LogP contribution in [0.5, 0.6) is 0 Å². The summed E-state index contributed by atoms with van der Waals surface area (Å²) in [5.74, 6) is 1.69. The molecule has 0 aromatic rings. The molecule has 0 unspecified atom stereocenters. The number of ether oxygens (including phenoxy) is 2. The molecule has 1 N–H and O–H groups in total. The monoisotopic (exact) mass is 254 g/mol. The maximum atomic E-state index is 9.76. The molecule has 1 saturated heterocycles. The molecular weight excluding hydrogens is 228 g/mol. The molecule has 0 bridgehead atoms. The van der Waals surface area contributed by atoms with Gasteiger partial charge < -0.3 is 14.6 Å². The quantitative estimate of drug-likeness (QED) is 0.561. The number of aliphatic hydroxyl groups excluding tert-OH is 1. The molecule has 0 aromatic carbocycles. The van der Waals surface area contributed by atoms with E-state index in [4.69, 9.17) is 15.9 Å². The van der Waals surface area contributed by atoms with E-state index in [1.165, 1.54) is 25.7 Å². The van der Waals surface area contributed by atoms with E-state index in [-0.39, 0.29) is 6.10 Å². The average Bonchev–Trinajstić information content (AvgIpc) is 2.63. The van der Waals surface area contributed by atoms with Crippen LogP contribution in [0.3, 0.4) is 0 Å². The van der Waals surface area contributed by atoms with E-state index in [0.29, 0.717) is 0 Å². The Bertz CT molecular complexity index is 280. The fourth-order valence-corrected chi connectivity index (χ4v) is 2.40. The second-order valence-corrected chi connectivity index (χ2v) is 5.45. The number of unbranched alkanes of at least 4 members (excludes halogenated alkanes) is 4. The molecular formula is C15H26O3. The van der Waals surface area contributed by atoms with Gasteiger partial charge in [-0.05, 0) is 20.3 Å². The number of aliphatic hydroxyl groups is 1. The van der Waals surface area contributed by atoms with Crippen molar-refractivity contribution in [2.24, 2.45) is 0 Å². The van der Waals surface area contributed by atoms with Gasteiger partial charge in [-0.25, -0.2) is 0 Å². The van der Waals surface area contributed by atoms with Gasteiger partial charge in [0.25, 0.3) is 0 Å². The highest BCUT2D eigenvalue weighted by Gasteiger charge is 2.43. The molecule has 0 aliphatic carbocycles. The van der Waals surface area contributed by atoms with E-state index in [9.17, 15) is 5.11 Å². The first-order valence-corrected chi connectivity index (χ1v) is 7.00. The number of rotatable bonds is 7. The van der Waals surface area contributed by atoms with Gasteiger partial charge in [-0.15, -0.1) is 6.42 Å². The van der Waals surface area contributed by atoms with Crippen molar-refractivity contribution in [1.29, 1.82) is 0 Å². The maximum Gasteiger partial charge on any atom is 0.163 e. The smallest absolute Gasteiger partial charge is 0.163 e. The SMILES string of the molecule is C#C[C@H](O)[C@H]1OC(C)(C)O[C@@H]1CCCCCCC. The van der Waals surface area contributed by atoms with Gasteiger partial charge in [-0.2, -0.15) is 0 Å². The zero-order valence-corrected chi connectivity index (χ0v) is 11.8. The summed E-state index contributed by atoms with van der Waals surface area (Å²) >= 11 is 0. The summed E-state index contributed by atoms with van der Waals surface area (Å²) in [5, 5.41) is 9.76. The molecule has 1 aliphatic rings. The molecule has 0 saturated carbocycles. The standard InChI is InChI=1S/C15H26O3/c1-5-7-8-9-10-11-13-14(12(16)6-2)18-15(3,4)17-13/h2,12-14,16H,5,7-11H2,1,3-4H3/t12-,13+,14+/m0/s1. The fourth-order valence-electron chi connectivity index (χ4n) is 2.40. The van der Waals surface area contributed by atoms with Crippen molar-refractivity contribution in [3.8, 4) is 12.3 Å². The van der Waals surface area contributed by atoms with E-state index in [2.05, 4.69) is 12.8 Å². The Morgan fingerprint density at radius 3 is 2.50 bits per heavy atom. The maximum absolute atomic E-state index is 9.76. The molecule has 3 nitrogen and oxygen atoms in total. The Morgan fingerprint density at radius 2 is 1.89 bits per heavy atom. The Hall–Kier alpha value is -0.560. The zero-order valence-electron chi connectivity index (χ0n) is 11.8. The van der Waals surface area contributed by atoms with Gasteiger partial charge in [-0.1, -0.05) is 44.9 Å². The Kier molecular flexibility index (Phi) is 6.14. The summed E-state index contributed by atoms with van der Waals surface area (Å²) in [6, 6.07) is 0. The first kappa shape index (κ1) is 15.5. The molecule has 104 valence electrons. The minimum Gasteiger partial charge on any atom is -0.378 e. The molecule has 1 rings (SSSR count). The van der Waals surface area contributed by atoms with Crippen molar-refractivity contribution < 1.29 is 14.6 Å². The third kappa shape index (κ3) is 4.61. The molecule has 1 heterocycles. The largest absolute Gasteiger partial charge is 0.378 e. The molecule has 1 aliphatic heterocycles. The topological polar surface area (TPSA) is 38.7 Å². The lowest BCUT2D eigenvalue weighted by molar-refractivity contribution is -0.152. The molecule has 1 fully saturated rings. The van der Waals surface area contributed by atoms with Crippen LogP contribution in [0.4, 0.5) is 0 Å². The van der Waals surface area contributed by atoms with E-state index in [0.717, 1.165) is 12.8 Å². The summed E-state index contributed by atoms with van der Waals surface area (Å²) < 4.78 is 11.5. The number of terminal acetylenes is 1. The molecule has 3 atom stereocenters. The summed E-state index contributed by atoms with van der Waals surface area (Å²) in [6.45, 7) is 5.93. The molecule has 0 amide bonds. The number of hydrogen-bond acceptors (Lipinski definition) is 3. The summed E-state index contributed by atoms with van der Waals surface area (Å²) in [6.07, 6.45) is 10.9. The van der Waals surface area contributed by atoms with Gasteiger partial charge in [0.1, 0.15) is 12.2 Å². The molecule has 0 spiro atoms. The minimum absolute atomic E-state index is 0.0901. The van der Waals surface area contributed by atoms with Gasteiger partial charge >= 0.3 is 0 Å². The van der Waals surface area contributed by atoms with Crippen LogP contribution in [0, 0.1) is 12.3 Å². The van der Waals surface area contributed by atoms with Crippen molar-refractivity contribution in [1.82, 2.24) is 0 Å². The molecule has 0 aromatic heterocycles. The lowest BCUT2D eigenvalue weighted by Gasteiger charge is -2.18. The van der Waals surface area contributed by atoms with E-state index >= 15 is 0 Å². The van der Waals surface area contributed by atoms with Crippen LogP contribution in [-0.2, 0) is 9.47 Å². The van der Waals surface area contributed by atoms with E-state index in [1.807, 2.05) is 13.8 Å². The van der Waals surface area contributed by atoms with Gasteiger partial charge in [0.15, 0.2) is 5.79 Å². The molecule has 3 heteroatoms. The van der Waals surface area contributed by atoms with Crippen LogP contribution in [0.2, 0.25) is 0 Å². The number of hydrogen-bond donors (Lipinski definition) is 1. The summed E-state index contributed by atoms with van der Waals surface area (Å²) in [7, 11) is 0. The van der Waals surface area contributed by atoms with Crippen LogP contribution in [0.1, 0.15) is 59.3 Å². The first-order valence-electron chi connectivity index (χ1n) is 7.00. The minimum atomic E-state index is -0.882. The van der Waals surface area contributed by atoms with Gasteiger partial charge in [0.05, 0.1) is 6.10 Å². The van der Waals surface area contributed by atoms with Crippen LogP contribution in [0.25, 0.3) is 0 Å². The summed E-state index contributed by atoms with van der Waals surface area (Å²) in [4.78, 5) is 0. The third-order valence-corrected chi connectivity index (χ3v) is 3.30. The third-order valence-electron chi connectivity index (χ3n) is 3.30. The lowest BCUT2D eigenvalue weighted by Crippen LogP contribution is -2.34. The molecule has 18 heavy (non-hydrogen) atoms. The van der Waals surface area contributed by atoms with E-state index in [1.54, 1.807) is 0 Å². The second kappa shape index (κ2) is 7.13. The summed E-state index contributed by atoms with van der Waals surface area (Å²) in [5.41, 5.74) is 0. The van der Waals surface area contributed by atoms with Crippen molar-refractivity contribution in [2.45, 2.75) is 83.4 Å². The highest BCUT2D eigenvalue weighted by atomic mass is 16.8. The van der Waals surface area contributed by atoms with Crippen LogP contribution >= 0.6 is 0 Å². The lowest BCUT2D eigenvalue weighted by atomic mass is 10.0. The highest BCUT2D eigenvalue weighted by Crippen LogP contribution is 2.32. The van der Waals surface area contributed by atoms with Crippen LogP contribution < -0.4 is 0 Å². The van der Waals surface area contributed by atoms with Gasteiger partial charge in [0.2, 0.25) is 0 Å². The Morgan fingerprint density at radius 1 is 1.22 bits per heavy atom. The van der Waals surface area contributed by atoms with Gasteiger partial charge in [0, 0.05) is 0 Å². The van der Waals surface area contributed by atoms with Gasteiger partial charge in [-0.3, -0.25) is 0 Å². The zero-order chi connectivity index (χ0) is 13.6. The average molecular weight is 254 g/mol. The second-order valence-electron chi connectivity index (χ2n) is 5.45. The predicted octanol–water partition coefficient (Wildman–Crippen LogP) is 2.86. The van der Waals surface area contributed by atoms with Crippen molar-refractivity contribution >= 4 is 0 Å². The van der Waals surface area contributed by atoms with Crippen LogP contribution in [-0.4, -0.2) is 29.2 Å². The normalized spacial score (nSPS) is 27.9. The van der Waals surface area contributed by atoms with Crippen molar-refractivity contribution in [3.63, 3.8) is 0 Å². The van der Waals surface area contributed by atoms with E-state index < -0.39 is 18.0 Å². The highest BCUT2D eigenvalue weighted by molar-refractivity contribution is 5.02. The Labute approximate surface area is 111 Å².